The number of hydrogen-bond donors (Lipinski definition) is 2. The van der Waals surface area contributed by atoms with Crippen molar-refractivity contribution in [3.63, 3.8) is 0 Å². The summed E-state index contributed by atoms with van der Waals surface area (Å²) in [5, 5.41) is 38.1. The smallest absolute Gasteiger partial charge is 0.550 e. The molecule has 9 heteroatoms. The zero-order valence-corrected chi connectivity index (χ0v) is 23.6. The molecule has 8 nitrogen and oxygen atoms in total. The first-order valence-corrected chi connectivity index (χ1v) is 12.2. The fraction of sp³-hybridized carbons (Fsp3) is 0.267. The van der Waals surface area contributed by atoms with Crippen molar-refractivity contribution in [3.05, 3.63) is 82.9 Å². The Morgan fingerprint density at radius 1 is 0.718 bits per heavy atom. The molecule has 0 fully saturated rings. The zero-order valence-electron chi connectivity index (χ0n) is 22.5. The first-order valence-electron chi connectivity index (χ1n) is 12.2. The van der Waals surface area contributed by atoms with Gasteiger partial charge < -0.3 is 30.0 Å². The van der Waals surface area contributed by atoms with Crippen LogP contribution in [0.5, 0.6) is 11.5 Å². The van der Waals surface area contributed by atoms with E-state index in [2.05, 4.69) is 23.8 Å². The van der Waals surface area contributed by atoms with E-state index in [4.69, 9.17) is 19.8 Å². The molecule has 0 aliphatic carbocycles. The maximum Gasteiger partial charge on any atom is 2.00 e. The molecular weight excluding hydrogens is 543 g/mol. The summed E-state index contributed by atoms with van der Waals surface area (Å²) in [6, 6.07) is 18.8. The molecule has 0 aliphatic rings. The van der Waals surface area contributed by atoms with E-state index in [1.807, 2.05) is 48.5 Å². The number of hydrogen-bond acceptors (Lipinski definition) is 8. The number of phenols is 2. The van der Waals surface area contributed by atoms with E-state index in [0.717, 1.165) is 39.5 Å². The number of carbonyl (C=O) groups excluding carboxylic acids is 2. The van der Waals surface area contributed by atoms with Crippen molar-refractivity contribution in [2.75, 3.05) is 0 Å². The number of carboxylic acids is 2. The largest absolute Gasteiger partial charge is 2.00 e. The van der Waals surface area contributed by atoms with Gasteiger partial charge in [-0.05, 0) is 74.2 Å². The van der Waals surface area contributed by atoms with Crippen LogP contribution in [0.4, 0.5) is 11.4 Å². The number of aromatic hydroxyl groups is 2. The second-order valence-corrected chi connectivity index (χ2v) is 8.27. The van der Waals surface area contributed by atoms with Crippen LogP contribution in [0.1, 0.15) is 62.8 Å². The van der Waals surface area contributed by atoms with E-state index in [0.29, 0.717) is 22.5 Å². The summed E-state index contributed by atoms with van der Waals surface area (Å²) >= 11 is 0. The van der Waals surface area contributed by atoms with E-state index >= 15 is 0 Å². The van der Waals surface area contributed by atoms with Gasteiger partial charge >= 0.3 is 16.8 Å². The minimum Gasteiger partial charge on any atom is -0.550 e. The molecular formula is C30H34CoN2O6. The van der Waals surface area contributed by atoms with Gasteiger partial charge in [-0.3, -0.25) is 9.98 Å². The number of aliphatic carboxylic acids is 2. The van der Waals surface area contributed by atoms with Gasteiger partial charge in [0.15, 0.2) is 0 Å². The number of aliphatic imine (C=N–C) groups is 2. The van der Waals surface area contributed by atoms with Gasteiger partial charge in [0.2, 0.25) is 0 Å². The molecule has 39 heavy (non-hydrogen) atoms. The molecule has 3 aromatic carbocycles. The topological polar surface area (TPSA) is 145 Å². The van der Waals surface area contributed by atoms with Gasteiger partial charge in [-0.15, -0.1) is 0 Å². The van der Waals surface area contributed by atoms with Crippen LogP contribution < -0.4 is 10.2 Å². The molecule has 0 heterocycles. The van der Waals surface area contributed by atoms with E-state index < -0.39 is 11.9 Å². The Balaban J connectivity index is 0.00000142. The molecule has 2 N–H and O–H groups in total. The third kappa shape index (κ3) is 14.5. The van der Waals surface area contributed by atoms with Crippen molar-refractivity contribution in [2.24, 2.45) is 9.98 Å². The van der Waals surface area contributed by atoms with Crippen molar-refractivity contribution in [1.82, 2.24) is 0 Å². The molecule has 0 spiro atoms. The van der Waals surface area contributed by atoms with Crippen molar-refractivity contribution in [3.8, 4) is 11.5 Å². The van der Waals surface area contributed by atoms with Gasteiger partial charge in [-0.2, -0.15) is 0 Å². The molecule has 3 rings (SSSR count). The van der Waals surface area contributed by atoms with Crippen LogP contribution in [0, 0.1) is 0 Å². The van der Waals surface area contributed by atoms with Crippen LogP contribution in [0.25, 0.3) is 0 Å². The van der Waals surface area contributed by atoms with Crippen LogP contribution >= 0.6 is 0 Å². The van der Waals surface area contributed by atoms with Gasteiger partial charge in [0.1, 0.15) is 11.5 Å². The quantitative estimate of drug-likeness (QED) is 0.387. The number of rotatable bonds is 8. The molecule has 0 aromatic heterocycles. The summed E-state index contributed by atoms with van der Waals surface area (Å²) in [6.07, 6.45) is 7.35. The van der Waals surface area contributed by atoms with Crippen molar-refractivity contribution < 1.29 is 46.8 Å². The number of nitrogens with zero attached hydrogens (tertiary/aromatic N) is 2. The van der Waals surface area contributed by atoms with Gasteiger partial charge in [0.05, 0.1) is 11.4 Å². The van der Waals surface area contributed by atoms with Gasteiger partial charge in [0.25, 0.3) is 0 Å². The average Bonchev–Trinajstić information content (AvgIpc) is 2.85. The second kappa shape index (κ2) is 19.2. The molecule has 0 unspecified atom stereocenters. The van der Waals surface area contributed by atoms with Gasteiger partial charge in [-0.25, -0.2) is 0 Å². The first kappa shape index (κ1) is 35.0. The summed E-state index contributed by atoms with van der Waals surface area (Å²) in [5.74, 6) is -1.76. The predicted molar refractivity (Wildman–Crippen MR) is 147 cm³/mol. The third-order valence-electron chi connectivity index (χ3n) is 4.83. The molecule has 0 atom stereocenters. The summed E-state index contributed by atoms with van der Waals surface area (Å²) in [7, 11) is 0. The number of carboxylic acid groups (broad SMARTS) is 2. The van der Waals surface area contributed by atoms with Gasteiger partial charge in [-0.1, -0.05) is 51.0 Å². The van der Waals surface area contributed by atoms with E-state index in [1.165, 1.54) is 11.1 Å². The van der Waals surface area contributed by atoms with Crippen LogP contribution in [0.2, 0.25) is 0 Å². The molecule has 1 radical (unpaired) electrons. The molecule has 0 saturated carbocycles. The van der Waals surface area contributed by atoms with Crippen LogP contribution in [0.3, 0.4) is 0 Å². The van der Waals surface area contributed by atoms with Crippen molar-refractivity contribution in [2.45, 2.75) is 53.4 Å². The summed E-state index contributed by atoms with van der Waals surface area (Å²) in [5.41, 5.74) is 5.10. The second-order valence-electron chi connectivity index (χ2n) is 8.27. The predicted octanol–water partition coefficient (Wildman–Crippen LogP) is 4.01. The third-order valence-corrected chi connectivity index (χ3v) is 4.83. The number of benzene rings is 3. The van der Waals surface area contributed by atoms with E-state index in [9.17, 15) is 10.2 Å². The van der Waals surface area contributed by atoms with Crippen LogP contribution in [0.15, 0.2) is 70.6 Å². The van der Waals surface area contributed by atoms with Crippen molar-refractivity contribution in [1.29, 1.82) is 0 Å². The molecule has 209 valence electrons. The first-order chi connectivity index (χ1) is 18.1. The van der Waals surface area contributed by atoms with Crippen molar-refractivity contribution >= 4 is 35.7 Å². The Kier molecular flexibility index (Phi) is 17.2. The van der Waals surface area contributed by atoms with Gasteiger partial charge in [0, 0.05) is 35.5 Å². The molecule has 0 saturated heterocycles. The zero-order chi connectivity index (χ0) is 28.5. The summed E-state index contributed by atoms with van der Waals surface area (Å²) in [6.45, 7) is 6.20. The molecule has 0 aliphatic heterocycles. The Morgan fingerprint density at radius 2 is 1.05 bits per heavy atom. The Hall–Kier alpha value is -3.95. The Labute approximate surface area is 240 Å². The normalized spacial score (nSPS) is 10.2. The summed E-state index contributed by atoms with van der Waals surface area (Å²) < 4.78 is 0. The Morgan fingerprint density at radius 3 is 1.36 bits per heavy atom. The molecule has 0 bridgehead atoms. The van der Waals surface area contributed by atoms with E-state index in [-0.39, 0.29) is 28.3 Å². The fourth-order valence-corrected chi connectivity index (χ4v) is 3.26. The SMILES string of the molecule is CC(=O)[O-].CC(=O)[O-].CCCc1ccc(O)c(C=Nc2ccccc2N=Cc2cc(CCC)ccc2O)c1.[Co+2]. The standard InChI is InChI=1S/C26H28N2O2.2C2H4O2.Co/c1-3-7-19-11-13-25(29)21(15-19)17-27-23-9-5-6-10-24(23)28-18-22-16-20(8-4-2)12-14-26(22)30;2*1-2(3)4;/h5-6,9-18,29-30H,3-4,7-8H2,1-2H3;2*1H3,(H,3,4);/q;;;+2/p-2. The van der Waals surface area contributed by atoms with Crippen LogP contribution in [-0.4, -0.2) is 34.6 Å². The average molecular weight is 578 g/mol. The minimum absolute atomic E-state index is 0. The molecule has 0 amide bonds. The molecule has 3 aromatic rings. The number of phenolic OH excluding ortho intramolecular Hbond substituents is 2. The van der Waals surface area contributed by atoms with E-state index in [1.54, 1.807) is 24.6 Å². The minimum atomic E-state index is -1.08. The fourth-order valence-electron chi connectivity index (χ4n) is 3.26. The maximum atomic E-state index is 10.2. The summed E-state index contributed by atoms with van der Waals surface area (Å²) in [4.78, 5) is 26.9. The maximum absolute atomic E-state index is 10.2. The van der Waals surface area contributed by atoms with Crippen LogP contribution in [-0.2, 0) is 39.2 Å². The monoisotopic (exact) mass is 577 g/mol. The number of para-hydroxylation sites is 2. The number of aryl methyl sites for hydroxylation is 2. The number of carbonyl (C=O) groups is 2. The Bertz CT molecular complexity index is 1150.